The van der Waals surface area contributed by atoms with Crippen LogP contribution in [0, 0.1) is 0 Å². The minimum atomic E-state index is -0.905. The molecule has 0 fully saturated rings. The van der Waals surface area contributed by atoms with Crippen molar-refractivity contribution in [1.29, 1.82) is 0 Å². The highest BCUT2D eigenvalue weighted by Crippen LogP contribution is 2.32. The zero-order chi connectivity index (χ0) is 25.8. The summed E-state index contributed by atoms with van der Waals surface area (Å²) in [5, 5.41) is 9.25. The van der Waals surface area contributed by atoms with Crippen LogP contribution in [0.1, 0.15) is 59.4 Å². The summed E-state index contributed by atoms with van der Waals surface area (Å²) in [6.45, 7) is 1.89. The van der Waals surface area contributed by atoms with Gasteiger partial charge in [0.1, 0.15) is 5.82 Å². The zero-order valence-corrected chi connectivity index (χ0v) is 21.8. The third-order valence-corrected chi connectivity index (χ3v) is 7.27. The SMILES string of the molecule is CN(C)CCCn1c(Cc2ccc(C(=O)O)cc2)nc2c(-c3ccc(C4=CCCCC4)cc3)cccc21. The van der Waals surface area contributed by atoms with Gasteiger partial charge in [0.05, 0.1) is 16.6 Å². The van der Waals surface area contributed by atoms with Crippen molar-refractivity contribution >= 4 is 22.6 Å². The predicted octanol–water partition coefficient (Wildman–Crippen LogP) is 6.90. The first-order chi connectivity index (χ1) is 18.0. The van der Waals surface area contributed by atoms with Gasteiger partial charge in [-0.25, -0.2) is 9.78 Å². The summed E-state index contributed by atoms with van der Waals surface area (Å²) in [4.78, 5) is 18.7. The van der Waals surface area contributed by atoms with E-state index in [4.69, 9.17) is 4.98 Å². The highest BCUT2D eigenvalue weighted by Gasteiger charge is 2.16. The molecule has 5 heteroatoms. The van der Waals surface area contributed by atoms with Gasteiger partial charge in [0, 0.05) is 18.5 Å². The number of imidazole rings is 1. The number of fused-ring (bicyclic) bond motifs is 1. The maximum Gasteiger partial charge on any atom is 0.335 e. The second kappa shape index (κ2) is 11.1. The summed E-state index contributed by atoms with van der Waals surface area (Å²) in [7, 11) is 4.20. The van der Waals surface area contributed by atoms with Crippen LogP contribution < -0.4 is 0 Å². The third-order valence-electron chi connectivity index (χ3n) is 7.27. The summed E-state index contributed by atoms with van der Waals surface area (Å²) in [6, 6.07) is 22.6. The molecule has 5 rings (SSSR count). The quantitative estimate of drug-likeness (QED) is 0.275. The van der Waals surface area contributed by atoms with Crippen molar-refractivity contribution in [2.45, 2.75) is 45.1 Å². The highest BCUT2D eigenvalue weighted by molar-refractivity contribution is 5.93. The van der Waals surface area contributed by atoms with E-state index in [1.165, 1.54) is 42.4 Å². The fourth-order valence-electron chi connectivity index (χ4n) is 5.27. The van der Waals surface area contributed by atoms with Crippen LogP contribution in [0.3, 0.4) is 0 Å². The number of carboxylic acids is 1. The lowest BCUT2D eigenvalue weighted by molar-refractivity contribution is 0.0697. The summed E-state index contributed by atoms with van der Waals surface area (Å²) in [5.74, 6) is 0.103. The van der Waals surface area contributed by atoms with Crippen molar-refractivity contribution in [3.8, 4) is 11.1 Å². The number of para-hydroxylation sites is 1. The largest absolute Gasteiger partial charge is 0.478 e. The van der Waals surface area contributed by atoms with Crippen molar-refractivity contribution in [2.24, 2.45) is 0 Å². The van der Waals surface area contributed by atoms with Gasteiger partial charge in [-0.2, -0.15) is 0 Å². The lowest BCUT2D eigenvalue weighted by Crippen LogP contribution is -2.16. The molecule has 0 bridgehead atoms. The Morgan fingerprint density at radius 3 is 2.41 bits per heavy atom. The average molecular weight is 494 g/mol. The molecule has 1 aliphatic rings. The predicted molar refractivity (Wildman–Crippen MR) is 151 cm³/mol. The topological polar surface area (TPSA) is 58.4 Å². The lowest BCUT2D eigenvalue weighted by Gasteiger charge is -2.14. The van der Waals surface area contributed by atoms with Crippen LogP contribution >= 0.6 is 0 Å². The summed E-state index contributed by atoms with van der Waals surface area (Å²) in [6.07, 6.45) is 9.00. The molecule has 0 aliphatic heterocycles. The molecule has 37 heavy (non-hydrogen) atoms. The molecular weight excluding hydrogens is 458 g/mol. The Morgan fingerprint density at radius 2 is 1.73 bits per heavy atom. The van der Waals surface area contributed by atoms with Gasteiger partial charge in [0.15, 0.2) is 0 Å². The van der Waals surface area contributed by atoms with Crippen molar-refractivity contribution in [1.82, 2.24) is 14.5 Å². The van der Waals surface area contributed by atoms with Crippen molar-refractivity contribution in [3.63, 3.8) is 0 Å². The molecule has 0 saturated carbocycles. The fourth-order valence-corrected chi connectivity index (χ4v) is 5.27. The van der Waals surface area contributed by atoms with Gasteiger partial charge in [-0.15, -0.1) is 0 Å². The Morgan fingerprint density at radius 1 is 0.973 bits per heavy atom. The second-order valence-electron chi connectivity index (χ2n) is 10.2. The Balaban J connectivity index is 1.51. The number of hydrogen-bond donors (Lipinski definition) is 1. The number of benzene rings is 3. The fraction of sp³-hybridized carbons (Fsp3) is 0.312. The van der Waals surface area contributed by atoms with E-state index in [1.807, 2.05) is 12.1 Å². The van der Waals surface area contributed by atoms with E-state index in [2.05, 4.69) is 72.1 Å². The number of aromatic nitrogens is 2. The molecule has 3 aromatic carbocycles. The van der Waals surface area contributed by atoms with Gasteiger partial charge in [0.25, 0.3) is 0 Å². The van der Waals surface area contributed by atoms with E-state index >= 15 is 0 Å². The third kappa shape index (κ3) is 5.67. The van der Waals surface area contributed by atoms with E-state index in [1.54, 1.807) is 12.1 Å². The van der Waals surface area contributed by atoms with Gasteiger partial charge >= 0.3 is 5.97 Å². The number of aromatic carboxylic acids is 1. The standard InChI is InChI=1S/C32H35N3O2/c1-34(2)20-7-21-35-29-11-6-10-28(26-18-16-25(17-19-26)24-8-4-3-5-9-24)31(29)33-30(35)22-23-12-14-27(15-13-23)32(36)37/h6,8,10-19H,3-5,7,9,20-22H2,1-2H3,(H,36,37). The van der Waals surface area contributed by atoms with Crippen LogP contribution in [0.2, 0.25) is 0 Å². The first-order valence-corrected chi connectivity index (χ1v) is 13.2. The number of aryl methyl sites for hydroxylation is 1. The minimum absolute atomic E-state index is 0.304. The highest BCUT2D eigenvalue weighted by atomic mass is 16.4. The summed E-state index contributed by atoms with van der Waals surface area (Å²) >= 11 is 0. The molecule has 0 amide bonds. The maximum absolute atomic E-state index is 11.3. The number of hydrogen-bond acceptors (Lipinski definition) is 3. The number of carbonyl (C=O) groups is 1. The van der Waals surface area contributed by atoms with Gasteiger partial charge in [0.2, 0.25) is 0 Å². The first kappa shape index (κ1) is 25.0. The van der Waals surface area contributed by atoms with E-state index in [9.17, 15) is 9.90 Å². The zero-order valence-electron chi connectivity index (χ0n) is 21.8. The molecule has 0 atom stereocenters. The minimum Gasteiger partial charge on any atom is -0.478 e. The van der Waals surface area contributed by atoms with Gasteiger partial charge < -0.3 is 14.6 Å². The van der Waals surface area contributed by atoms with Crippen LogP contribution in [-0.2, 0) is 13.0 Å². The van der Waals surface area contributed by atoms with Crippen LogP contribution in [-0.4, -0.2) is 46.2 Å². The van der Waals surface area contributed by atoms with Gasteiger partial charge in [-0.05, 0) is 93.2 Å². The van der Waals surface area contributed by atoms with Crippen LogP contribution in [0.25, 0.3) is 27.7 Å². The van der Waals surface area contributed by atoms with Crippen molar-refractivity contribution < 1.29 is 9.90 Å². The van der Waals surface area contributed by atoms with Crippen LogP contribution in [0.5, 0.6) is 0 Å². The number of nitrogens with zero attached hydrogens (tertiary/aromatic N) is 3. The summed E-state index contributed by atoms with van der Waals surface area (Å²) in [5.41, 5.74) is 8.66. The summed E-state index contributed by atoms with van der Waals surface area (Å²) < 4.78 is 2.34. The monoisotopic (exact) mass is 493 g/mol. The molecule has 1 aliphatic carbocycles. The molecule has 0 unspecified atom stereocenters. The molecule has 4 aromatic rings. The average Bonchev–Trinajstić information content (AvgIpc) is 3.26. The van der Waals surface area contributed by atoms with Crippen LogP contribution in [0.15, 0.2) is 72.8 Å². The number of rotatable bonds is 9. The van der Waals surface area contributed by atoms with Gasteiger partial charge in [-0.3, -0.25) is 0 Å². The molecular formula is C32H35N3O2. The van der Waals surface area contributed by atoms with Crippen molar-refractivity contribution in [3.05, 3.63) is 95.3 Å². The van der Waals surface area contributed by atoms with E-state index in [-0.39, 0.29) is 0 Å². The molecule has 0 radical (unpaired) electrons. The Bertz CT molecular complexity index is 1410. The normalized spacial score (nSPS) is 13.8. The molecule has 0 spiro atoms. The molecule has 1 aromatic heterocycles. The Labute approximate surface area is 219 Å². The smallest absolute Gasteiger partial charge is 0.335 e. The molecule has 190 valence electrons. The number of carboxylic acid groups (broad SMARTS) is 1. The van der Waals surface area contributed by atoms with E-state index < -0.39 is 5.97 Å². The first-order valence-electron chi connectivity index (χ1n) is 13.2. The van der Waals surface area contributed by atoms with Gasteiger partial charge in [-0.1, -0.05) is 54.6 Å². The second-order valence-corrected chi connectivity index (χ2v) is 10.2. The van der Waals surface area contributed by atoms with Crippen LogP contribution in [0.4, 0.5) is 0 Å². The maximum atomic E-state index is 11.3. The number of allylic oxidation sites excluding steroid dienone is 2. The molecule has 1 N–H and O–H groups in total. The van der Waals surface area contributed by atoms with E-state index in [0.29, 0.717) is 12.0 Å². The Hall–Kier alpha value is -3.70. The van der Waals surface area contributed by atoms with Crippen molar-refractivity contribution in [2.75, 3.05) is 20.6 Å². The molecule has 5 nitrogen and oxygen atoms in total. The Kier molecular flexibility index (Phi) is 7.52. The molecule has 1 heterocycles. The molecule has 0 saturated heterocycles. The lowest BCUT2D eigenvalue weighted by atomic mass is 9.92. The van der Waals surface area contributed by atoms with E-state index in [0.717, 1.165) is 47.5 Å².